The number of methoxy groups -OCH3 is 1. The molecule has 0 spiro atoms. The van der Waals surface area contributed by atoms with Crippen LogP contribution in [0.15, 0.2) is 52.1 Å². The fourth-order valence-electron chi connectivity index (χ4n) is 2.25. The van der Waals surface area contributed by atoms with Crippen molar-refractivity contribution in [1.82, 2.24) is 15.5 Å². The van der Waals surface area contributed by atoms with Gasteiger partial charge in [-0.05, 0) is 18.2 Å². The Morgan fingerprint density at radius 1 is 1.19 bits per heavy atom. The second-order valence-corrected chi connectivity index (χ2v) is 5.87. The number of hydrogen-bond acceptors (Lipinski definition) is 4. The van der Waals surface area contributed by atoms with Crippen molar-refractivity contribution in [1.29, 1.82) is 0 Å². The molecule has 0 radical (unpaired) electrons. The number of furan rings is 1. The number of benzene rings is 1. The van der Waals surface area contributed by atoms with E-state index in [1.165, 1.54) is 4.90 Å². The molecular weight excluding hydrogens is 459 g/mol. The molecule has 148 valence electrons. The third kappa shape index (κ3) is 7.90. The normalized spacial score (nSPS) is 10.7. The number of carbonyl (C=O) groups is 1. The molecule has 0 fully saturated rings. The third-order valence-corrected chi connectivity index (χ3v) is 3.75. The number of aliphatic imine (C=N–C) groups is 1. The lowest BCUT2D eigenvalue weighted by Crippen LogP contribution is -2.43. The summed E-state index contributed by atoms with van der Waals surface area (Å²) >= 11 is 0. The molecule has 7 nitrogen and oxygen atoms in total. The highest BCUT2D eigenvalue weighted by Crippen LogP contribution is 2.17. The second kappa shape index (κ2) is 12.2. The first-order chi connectivity index (χ1) is 12.6. The maximum Gasteiger partial charge on any atom is 0.241 e. The van der Waals surface area contributed by atoms with Crippen LogP contribution >= 0.6 is 24.0 Å². The zero-order chi connectivity index (χ0) is 18.8. The molecule has 8 heteroatoms. The predicted molar refractivity (Wildman–Crippen MR) is 117 cm³/mol. The maximum atomic E-state index is 11.8. The van der Waals surface area contributed by atoms with Gasteiger partial charge in [-0.3, -0.25) is 4.79 Å². The fourth-order valence-corrected chi connectivity index (χ4v) is 2.25. The van der Waals surface area contributed by atoms with Crippen LogP contribution in [0.25, 0.3) is 0 Å². The molecule has 2 rings (SSSR count). The Labute approximate surface area is 177 Å². The lowest BCUT2D eigenvalue weighted by atomic mass is 10.2. The van der Waals surface area contributed by atoms with Crippen LogP contribution in [0.4, 0.5) is 0 Å². The van der Waals surface area contributed by atoms with Gasteiger partial charge in [0.2, 0.25) is 5.91 Å². The van der Waals surface area contributed by atoms with E-state index in [4.69, 9.17) is 9.15 Å². The number of rotatable bonds is 8. The minimum absolute atomic E-state index is 0. The molecule has 0 saturated heterocycles. The number of amides is 1. The highest BCUT2D eigenvalue weighted by molar-refractivity contribution is 14.0. The van der Waals surface area contributed by atoms with Gasteiger partial charge in [-0.1, -0.05) is 18.2 Å². The Bertz CT molecular complexity index is 718. The summed E-state index contributed by atoms with van der Waals surface area (Å²) in [6.45, 7) is 1.25. The largest absolute Gasteiger partial charge is 0.496 e. The van der Waals surface area contributed by atoms with Gasteiger partial charge in [0, 0.05) is 32.6 Å². The lowest BCUT2D eigenvalue weighted by Gasteiger charge is -2.15. The van der Waals surface area contributed by atoms with Gasteiger partial charge < -0.3 is 24.7 Å². The van der Waals surface area contributed by atoms with Crippen molar-refractivity contribution in [2.75, 3.05) is 34.3 Å². The monoisotopic (exact) mass is 486 g/mol. The first-order valence-corrected chi connectivity index (χ1v) is 8.46. The number of hydrogen-bond donors (Lipinski definition) is 2. The average molecular weight is 486 g/mol. The lowest BCUT2D eigenvalue weighted by molar-refractivity contribution is -0.127. The second-order valence-electron chi connectivity index (χ2n) is 5.87. The molecule has 0 aliphatic rings. The molecule has 1 heterocycles. The van der Waals surface area contributed by atoms with Crippen LogP contribution in [0.2, 0.25) is 0 Å². The first kappa shape index (κ1) is 22.8. The zero-order valence-electron chi connectivity index (χ0n) is 15.9. The van der Waals surface area contributed by atoms with E-state index in [1.54, 1.807) is 27.5 Å². The quantitative estimate of drug-likeness (QED) is 0.340. The van der Waals surface area contributed by atoms with Crippen molar-refractivity contribution in [2.45, 2.75) is 13.0 Å². The van der Waals surface area contributed by atoms with Crippen LogP contribution in [0.3, 0.4) is 0 Å². The van der Waals surface area contributed by atoms with E-state index in [9.17, 15) is 4.79 Å². The Morgan fingerprint density at radius 2 is 1.96 bits per heavy atom. The Hall–Kier alpha value is -2.23. The van der Waals surface area contributed by atoms with Crippen LogP contribution in [0, 0.1) is 0 Å². The molecule has 0 saturated carbocycles. The molecule has 1 aromatic heterocycles. The van der Waals surface area contributed by atoms with Gasteiger partial charge in [0.05, 0.1) is 26.5 Å². The molecule has 0 atom stereocenters. The number of nitrogens with one attached hydrogen (secondary N) is 2. The molecule has 0 aliphatic heterocycles. The highest BCUT2D eigenvalue weighted by atomic mass is 127. The van der Waals surface area contributed by atoms with E-state index in [0.29, 0.717) is 19.0 Å². The number of guanidine groups is 1. The first-order valence-electron chi connectivity index (χ1n) is 8.46. The third-order valence-electron chi connectivity index (χ3n) is 3.75. The molecule has 2 N–H and O–H groups in total. The highest BCUT2D eigenvalue weighted by Gasteiger charge is 2.07. The van der Waals surface area contributed by atoms with E-state index in [2.05, 4.69) is 15.6 Å². The van der Waals surface area contributed by atoms with Gasteiger partial charge in [-0.15, -0.1) is 24.0 Å². The Morgan fingerprint density at radius 3 is 2.63 bits per heavy atom. The summed E-state index contributed by atoms with van der Waals surface area (Å²) in [6, 6.07) is 11.5. The van der Waals surface area contributed by atoms with E-state index in [0.717, 1.165) is 23.5 Å². The van der Waals surface area contributed by atoms with Crippen molar-refractivity contribution in [3.8, 4) is 5.75 Å². The summed E-state index contributed by atoms with van der Waals surface area (Å²) in [6.07, 6.45) is 2.38. The maximum absolute atomic E-state index is 11.8. The van der Waals surface area contributed by atoms with Crippen molar-refractivity contribution >= 4 is 35.8 Å². The SMILES string of the molecule is COc1ccccc1CN=C(NCCc1ccco1)NCC(=O)N(C)C.I. The topological polar surface area (TPSA) is 79.1 Å². The zero-order valence-corrected chi connectivity index (χ0v) is 18.2. The van der Waals surface area contributed by atoms with Crippen LogP contribution in [0.1, 0.15) is 11.3 Å². The summed E-state index contributed by atoms with van der Waals surface area (Å²) in [5, 5.41) is 6.29. The molecule has 2 aromatic rings. The number of halogens is 1. The number of carbonyl (C=O) groups excluding carboxylic acids is 1. The minimum Gasteiger partial charge on any atom is -0.496 e. The van der Waals surface area contributed by atoms with E-state index < -0.39 is 0 Å². The number of ether oxygens (including phenoxy) is 1. The van der Waals surface area contributed by atoms with Gasteiger partial charge in [-0.25, -0.2) is 4.99 Å². The van der Waals surface area contributed by atoms with E-state index in [1.807, 2.05) is 36.4 Å². The summed E-state index contributed by atoms with van der Waals surface area (Å²) in [5.41, 5.74) is 0.973. The van der Waals surface area contributed by atoms with Crippen molar-refractivity contribution < 1.29 is 13.9 Å². The Balaban J connectivity index is 0.00000364. The fraction of sp³-hybridized carbons (Fsp3) is 0.368. The summed E-state index contributed by atoms with van der Waals surface area (Å²) in [4.78, 5) is 17.9. The molecule has 0 bridgehead atoms. The van der Waals surface area contributed by atoms with Crippen molar-refractivity contribution in [2.24, 2.45) is 4.99 Å². The molecule has 0 unspecified atom stereocenters. The molecular formula is C19H27IN4O3. The van der Waals surface area contributed by atoms with E-state index in [-0.39, 0.29) is 36.4 Å². The van der Waals surface area contributed by atoms with Crippen molar-refractivity contribution in [3.05, 3.63) is 54.0 Å². The average Bonchev–Trinajstić information content (AvgIpc) is 3.16. The molecule has 1 aromatic carbocycles. The number of likely N-dealkylation sites (N-methyl/N-ethyl adjacent to an activating group) is 1. The molecule has 27 heavy (non-hydrogen) atoms. The van der Waals surface area contributed by atoms with Crippen LogP contribution in [-0.2, 0) is 17.8 Å². The van der Waals surface area contributed by atoms with Crippen molar-refractivity contribution in [3.63, 3.8) is 0 Å². The summed E-state index contributed by atoms with van der Waals surface area (Å²) in [7, 11) is 5.08. The van der Waals surface area contributed by atoms with E-state index >= 15 is 0 Å². The van der Waals surface area contributed by atoms with Gasteiger partial charge >= 0.3 is 0 Å². The van der Waals surface area contributed by atoms with Gasteiger partial charge in [0.25, 0.3) is 0 Å². The predicted octanol–water partition coefficient (Wildman–Crippen LogP) is 2.27. The van der Waals surface area contributed by atoms with Gasteiger partial charge in [0.1, 0.15) is 11.5 Å². The molecule has 1 amide bonds. The van der Waals surface area contributed by atoms with Crippen LogP contribution in [0.5, 0.6) is 5.75 Å². The molecule has 0 aliphatic carbocycles. The number of nitrogens with zero attached hydrogens (tertiary/aromatic N) is 2. The van der Waals surface area contributed by atoms with Gasteiger partial charge in [0.15, 0.2) is 5.96 Å². The smallest absolute Gasteiger partial charge is 0.241 e. The number of para-hydroxylation sites is 1. The summed E-state index contributed by atoms with van der Waals surface area (Å²) < 4.78 is 10.7. The summed E-state index contributed by atoms with van der Waals surface area (Å²) in [5.74, 6) is 2.22. The minimum atomic E-state index is -0.0252. The van der Waals surface area contributed by atoms with Gasteiger partial charge in [-0.2, -0.15) is 0 Å². The Kier molecular flexibility index (Phi) is 10.3. The van der Waals surface area contributed by atoms with Crippen LogP contribution in [-0.4, -0.2) is 51.1 Å². The van der Waals surface area contributed by atoms with Crippen LogP contribution < -0.4 is 15.4 Å². The standard InChI is InChI=1S/C19H26N4O3.HI/c1-23(2)18(24)14-22-19(20-11-10-16-8-6-12-26-16)21-13-15-7-4-5-9-17(15)25-3;/h4-9,12H,10-11,13-14H2,1-3H3,(H2,20,21,22);1H.